The van der Waals surface area contributed by atoms with Gasteiger partial charge in [-0.25, -0.2) is 4.79 Å². The van der Waals surface area contributed by atoms with E-state index < -0.39 is 5.97 Å². The minimum atomic E-state index is -1.06. The summed E-state index contributed by atoms with van der Waals surface area (Å²) in [7, 11) is 1.57. The Morgan fingerprint density at radius 2 is 2.00 bits per heavy atom. The van der Waals surface area contributed by atoms with E-state index in [1.54, 1.807) is 38.3 Å². The molecule has 0 aromatic heterocycles. The fourth-order valence-corrected chi connectivity index (χ4v) is 3.72. The number of hydrazone groups is 1. The third-order valence-electron chi connectivity index (χ3n) is 4.32. The molecule has 1 N–H and O–H groups in total. The van der Waals surface area contributed by atoms with Gasteiger partial charge in [0.15, 0.2) is 11.5 Å². The maximum Gasteiger partial charge on any atom is 0.335 e. The van der Waals surface area contributed by atoms with Gasteiger partial charge < -0.3 is 14.6 Å². The fraction of sp³-hybridized carbons (Fsp3) is 0.227. The zero-order chi connectivity index (χ0) is 22.0. The molecular weight excluding hydrogens is 499 g/mol. The maximum absolute atomic E-state index is 13.0. The van der Waals surface area contributed by atoms with Crippen LogP contribution in [0.5, 0.6) is 11.5 Å². The molecule has 156 valence electrons. The van der Waals surface area contributed by atoms with Gasteiger partial charge in [0.25, 0.3) is 5.91 Å². The quantitative estimate of drug-likeness (QED) is 0.445. The summed E-state index contributed by atoms with van der Waals surface area (Å²) in [4.78, 5) is 24.2. The monoisotopic (exact) mass is 520 g/mol. The van der Waals surface area contributed by atoms with Crippen molar-refractivity contribution in [3.63, 3.8) is 0 Å². The summed E-state index contributed by atoms with van der Waals surface area (Å²) in [5.74, 6) is -0.157. The Morgan fingerprint density at radius 1 is 1.27 bits per heavy atom. The number of anilines is 1. The van der Waals surface area contributed by atoms with E-state index in [1.165, 1.54) is 17.1 Å². The standard InChI is InChI=1S/C22H21IN2O5/c1-12(2)30-20-18(23)9-14(10-19(20)29-4)8-17-13(3)24-25(21(17)26)16-7-5-6-15(11-16)22(27)28/h5-12H,1-4H3,(H,27,28)/b17-8-. The summed E-state index contributed by atoms with van der Waals surface area (Å²) in [5, 5.41) is 14.7. The molecule has 0 radical (unpaired) electrons. The van der Waals surface area contributed by atoms with Crippen LogP contribution in [0.25, 0.3) is 6.08 Å². The number of nitrogens with zero attached hydrogens (tertiary/aromatic N) is 2. The van der Waals surface area contributed by atoms with Gasteiger partial charge in [-0.05, 0) is 85.3 Å². The second-order valence-electron chi connectivity index (χ2n) is 6.92. The molecule has 1 heterocycles. The summed E-state index contributed by atoms with van der Waals surface area (Å²) in [6, 6.07) is 9.83. The lowest BCUT2D eigenvalue weighted by molar-refractivity contribution is -0.114. The van der Waals surface area contributed by atoms with E-state index >= 15 is 0 Å². The van der Waals surface area contributed by atoms with Crippen LogP contribution in [0.4, 0.5) is 5.69 Å². The minimum absolute atomic E-state index is 0.00228. The second kappa shape index (κ2) is 8.86. The molecule has 2 aromatic carbocycles. The van der Waals surface area contributed by atoms with E-state index in [-0.39, 0.29) is 17.6 Å². The number of carbonyl (C=O) groups excluding carboxylic acids is 1. The van der Waals surface area contributed by atoms with Crippen molar-refractivity contribution in [1.82, 2.24) is 0 Å². The van der Waals surface area contributed by atoms with Crippen molar-refractivity contribution >= 4 is 51.9 Å². The number of rotatable bonds is 6. The molecule has 0 saturated carbocycles. The first-order valence-corrected chi connectivity index (χ1v) is 10.3. The van der Waals surface area contributed by atoms with E-state index in [0.717, 1.165) is 9.13 Å². The van der Waals surface area contributed by atoms with Gasteiger partial charge in [0.1, 0.15) is 0 Å². The van der Waals surface area contributed by atoms with E-state index in [9.17, 15) is 14.7 Å². The molecule has 1 amide bonds. The van der Waals surface area contributed by atoms with Crippen LogP contribution in [0.2, 0.25) is 0 Å². The number of hydrogen-bond donors (Lipinski definition) is 1. The van der Waals surface area contributed by atoms with Crippen LogP contribution >= 0.6 is 22.6 Å². The molecule has 0 fully saturated rings. The van der Waals surface area contributed by atoms with Gasteiger partial charge in [-0.15, -0.1) is 0 Å². The number of halogens is 1. The molecule has 0 spiro atoms. The Bertz CT molecular complexity index is 1080. The summed E-state index contributed by atoms with van der Waals surface area (Å²) < 4.78 is 12.2. The molecule has 0 atom stereocenters. The highest BCUT2D eigenvalue weighted by Gasteiger charge is 2.29. The molecule has 1 aliphatic heterocycles. The highest BCUT2D eigenvalue weighted by molar-refractivity contribution is 14.1. The van der Waals surface area contributed by atoms with Crippen molar-refractivity contribution in [3.8, 4) is 11.5 Å². The zero-order valence-corrected chi connectivity index (χ0v) is 19.1. The molecule has 0 unspecified atom stereocenters. The van der Waals surface area contributed by atoms with Gasteiger partial charge in [0.2, 0.25) is 0 Å². The topological polar surface area (TPSA) is 88.4 Å². The van der Waals surface area contributed by atoms with Crippen LogP contribution in [-0.2, 0) is 4.79 Å². The molecule has 7 nitrogen and oxygen atoms in total. The number of hydrogen-bond acceptors (Lipinski definition) is 5. The zero-order valence-electron chi connectivity index (χ0n) is 17.0. The van der Waals surface area contributed by atoms with E-state index in [4.69, 9.17) is 9.47 Å². The van der Waals surface area contributed by atoms with E-state index in [1.807, 2.05) is 19.9 Å². The summed E-state index contributed by atoms with van der Waals surface area (Å²) >= 11 is 2.17. The average Bonchev–Trinajstić information content (AvgIpc) is 2.97. The van der Waals surface area contributed by atoms with Gasteiger partial charge >= 0.3 is 5.97 Å². The first kappa shape index (κ1) is 21.8. The third-order valence-corrected chi connectivity index (χ3v) is 5.12. The molecule has 2 aromatic rings. The molecular formula is C22H21IN2O5. The van der Waals surface area contributed by atoms with Gasteiger partial charge in [-0.2, -0.15) is 10.1 Å². The molecule has 1 aliphatic rings. The van der Waals surface area contributed by atoms with E-state index in [2.05, 4.69) is 27.7 Å². The van der Waals surface area contributed by atoms with Gasteiger partial charge in [0.05, 0.1) is 39.3 Å². The Kier molecular flexibility index (Phi) is 6.45. The predicted octanol–water partition coefficient (Wildman–Crippen LogP) is 4.59. The lowest BCUT2D eigenvalue weighted by Gasteiger charge is -2.16. The number of carboxylic acids is 1. The van der Waals surface area contributed by atoms with Crippen molar-refractivity contribution in [2.75, 3.05) is 12.1 Å². The first-order chi connectivity index (χ1) is 14.2. The van der Waals surface area contributed by atoms with Crippen molar-refractivity contribution in [2.45, 2.75) is 26.9 Å². The molecule has 30 heavy (non-hydrogen) atoms. The average molecular weight is 520 g/mol. The van der Waals surface area contributed by atoms with Crippen LogP contribution in [0, 0.1) is 3.57 Å². The van der Waals surface area contributed by atoms with Gasteiger partial charge in [-0.1, -0.05) is 6.07 Å². The first-order valence-electron chi connectivity index (χ1n) is 9.20. The maximum atomic E-state index is 13.0. The van der Waals surface area contributed by atoms with Crippen LogP contribution in [0.1, 0.15) is 36.7 Å². The minimum Gasteiger partial charge on any atom is -0.493 e. The number of aromatic carboxylic acids is 1. The molecule has 0 bridgehead atoms. The summed E-state index contributed by atoms with van der Waals surface area (Å²) in [6.07, 6.45) is 1.74. The van der Waals surface area contributed by atoms with Crippen LogP contribution in [0.3, 0.4) is 0 Å². The van der Waals surface area contributed by atoms with Crippen molar-refractivity contribution in [3.05, 3.63) is 56.7 Å². The Balaban J connectivity index is 1.96. The van der Waals surface area contributed by atoms with Crippen LogP contribution in [-0.4, -0.2) is 35.9 Å². The normalized spacial score (nSPS) is 15.0. The van der Waals surface area contributed by atoms with Crippen molar-refractivity contribution in [1.29, 1.82) is 0 Å². The number of amides is 1. The third kappa shape index (κ3) is 4.48. The number of ether oxygens (including phenoxy) is 2. The Morgan fingerprint density at radius 3 is 2.63 bits per heavy atom. The van der Waals surface area contributed by atoms with Crippen LogP contribution in [0.15, 0.2) is 47.1 Å². The molecule has 8 heteroatoms. The summed E-state index contributed by atoms with van der Waals surface area (Å²) in [6.45, 7) is 5.62. The lowest BCUT2D eigenvalue weighted by Crippen LogP contribution is -2.21. The molecule has 0 saturated heterocycles. The highest BCUT2D eigenvalue weighted by Crippen LogP contribution is 2.36. The molecule has 3 rings (SSSR count). The predicted molar refractivity (Wildman–Crippen MR) is 123 cm³/mol. The molecule has 0 aliphatic carbocycles. The second-order valence-corrected chi connectivity index (χ2v) is 8.08. The largest absolute Gasteiger partial charge is 0.493 e. The fourth-order valence-electron chi connectivity index (χ4n) is 2.97. The van der Waals surface area contributed by atoms with Crippen LogP contribution < -0.4 is 14.5 Å². The van der Waals surface area contributed by atoms with E-state index in [0.29, 0.717) is 28.5 Å². The number of methoxy groups -OCH3 is 1. The number of carboxylic acid groups (broad SMARTS) is 1. The smallest absolute Gasteiger partial charge is 0.335 e. The Labute approximate surface area is 188 Å². The Hall–Kier alpha value is -2.88. The van der Waals surface area contributed by atoms with Gasteiger partial charge in [0, 0.05) is 0 Å². The lowest BCUT2D eigenvalue weighted by atomic mass is 10.1. The van der Waals surface area contributed by atoms with Crippen molar-refractivity contribution < 1.29 is 24.2 Å². The van der Waals surface area contributed by atoms with Gasteiger partial charge in [-0.3, -0.25) is 4.79 Å². The van der Waals surface area contributed by atoms with Crippen molar-refractivity contribution in [2.24, 2.45) is 5.10 Å². The number of carbonyl (C=O) groups is 2. The summed E-state index contributed by atoms with van der Waals surface area (Å²) in [5.41, 5.74) is 2.22. The SMILES string of the molecule is COc1cc(/C=C2\C(=O)N(c3cccc(C(=O)O)c3)N=C2C)cc(I)c1OC(C)C. The highest BCUT2D eigenvalue weighted by atomic mass is 127. The number of benzene rings is 2.